The van der Waals surface area contributed by atoms with E-state index in [4.69, 9.17) is 16.9 Å². The summed E-state index contributed by atoms with van der Waals surface area (Å²) < 4.78 is 0. The Labute approximate surface area is 72.4 Å². The van der Waals surface area contributed by atoms with Gasteiger partial charge in [0.05, 0.1) is 0 Å². The van der Waals surface area contributed by atoms with Crippen LogP contribution in [0.15, 0.2) is 16.9 Å². The number of aromatic nitrogens is 1. The molecule has 0 atom stereocenters. The Kier molecular flexibility index (Phi) is 2.26. The van der Waals surface area contributed by atoms with E-state index < -0.39 is 10.8 Å². The Hall–Kier alpha value is -1.60. The Morgan fingerprint density at radius 1 is 1.58 bits per heavy atom. The Morgan fingerprint density at radius 2 is 2.25 bits per heavy atom. The first-order chi connectivity index (χ1) is 5.63. The number of nitriles is 1. The topological polar surface area (TPSA) is 73.7 Å². The molecule has 60 valence electrons. The van der Waals surface area contributed by atoms with E-state index >= 15 is 0 Å². The Balaban J connectivity index is 3.36. The number of carbonyl (C=O) groups excluding carboxylic acids is 1. The van der Waals surface area contributed by atoms with Crippen LogP contribution in [0.5, 0.6) is 0 Å². The first-order valence-electron chi connectivity index (χ1n) is 2.98. The zero-order chi connectivity index (χ0) is 9.14. The second-order valence-electron chi connectivity index (χ2n) is 2.03. The van der Waals surface area contributed by atoms with E-state index in [0.29, 0.717) is 0 Å². The summed E-state index contributed by atoms with van der Waals surface area (Å²) in [5.74, 6) is 0. The van der Waals surface area contributed by atoms with Gasteiger partial charge in [-0.2, -0.15) is 5.26 Å². The fourth-order valence-corrected chi connectivity index (χ4v) is 0.826. The van der Waals surface area contributed by atoms with Gasteiger partial charge in [0.15, 0.2) is 0 Å². The molecule has 1 rings (SSSR count). The number of pyridine rings is 1. The van der Waals surface area contributed by atoms with E-state index in [1.54, 1.807) is 6.07 Å². The summed E-state index contributed by atoms with van der Waals surface area (Å²) in [7, 11) is 0. The molecule has 0 saturated heterocycles. The summed E-state index contributed by atoms with van der Waals surface area (Å²) in [6.45, 7) is 0. The molecule has 1 N–H and O–H groups in total. The van der Waals surface area contributed by atoms with E-state index in [1.165, 1.54) is 6.07 Å². The molecule has 1 aromatic rings. The highest BCUT2D eigenvalue weighted by atomic mass is 35.5. The zero-order valence-corrected chi connectivity index (χ0v) is 6.55. The standard InChI is InChI=1S/C7H3ClN2O2/c8-7(12)4-1-5(3-9)10-6(11)2-4/h1-2H,(H,10,11). The average Bonchev–Trinajstić information content (AvgIpc) is 2.03. The van der Waals surface area contributed by atoms with E-state index in [2.05, 4.69) is 4.98 Å². The number of rotatable bonds is 1. The SMILES string of the molecule is N#Cc1cc(C(=O)Cl)cc(=O)[nH]1. The van der Waals surface area contributed by atoms with Crippen molar-refractivity contribution in [2.24, 2.45) is 0 Å². The molecule has 0 unspecified atom stereocenters. The average molecular weight is 183 g/mol. The summed E-state index contributed by atoms with van der Waals surface area (Å²) in [6, 6.07) is 3.95. The van der Waals surface area contributed by atoms with Gasteiger partial charge in [0.25, 0.3) is 5.24 Å². The smallest absolute Gasteiger partial charge is 0.252 e. The van der Waals surface area contributed by atoms with Crippen LogP contribution in [-0.2, 0) is 0 Å². The maximum absolute atomic E-state index is 10.8. The van der Waals surface area contributed by atoms with Crippen LogP contribution in [0.25, 0.3) is 0 Å². The predicted octanol–water partition coefficient (Wildman–Crippen LogP) is 0.626. The largest absolute Gasteiger partial charge is 0.314 e. The van der Waals surface area contributed by atoms with Crippen LogP contribution < -0.4 is 5.56 Å². The maximum Gasteiger partial charge on any atom is 0.252 e. The molecule has 0 amide bonds. The summed E-state index contributed by atoms with van der Waals surface area (Å²) in [4.78, 5) is 23.6. The highest BCUT2D eigenvalue weighted by Gasteiger charge is 2.03. The maximum atomic E-state index is 10.8. The quantitative estimate of drug-likeness (QED) is 0.648. The Morgan fingerprint density at radius 3 is 2.75 bits per heavy atom. The van der Waals surface area contributed by atoms with Gasteiger partial charge in [0, 0.05) is 11.6 Å². The monoisotopic (exact) mass is 182 g/mol. The third-order valence-corrected chi connectivity index (χ3v) is 1.41. The normalized spacial score (nSPS) is 9.00. The van der Waals surface area contributed by atoms with Crippen LogP contribution in [0.4, 0.5) is 0 Å². The van der Waals surface area contributed by atoms with Crippen LogP contribution in [0.1, 0.15) is 16.1 Å². The number of hydrogen-bond donors (Lipinski definition) is 1. The summed E-state index contributed by atoms with van der Waals surface area (Å²) in [5.41, 5.74) is -0.471. The fraction of sp³-hybridized carbons (Fsp3) is 0. The Bertz CT molecular complexity index is 416. The van der Waals surface area contributed by atoms with Crippen molar-refractivity contribution in [1.82, 2.24) is 4.98 Å². The van der Waals surface area contributed by atoms with Gasteiger partial charge < -0.3 is 4.98 Å². The van der Waals surface area contributed by atoms with Crippen molar-refractivity contribution in [3.8, 4) is 6.07 Å². The van der Waals surface area contributed by atoms with Gasteiger partial charge in [0.2, 0.25) is 5.56 Å². The molecule has 1 aromatic heterocycles. The van der Waals surface area contributed by atoms with Crippen molar-refractivity contribution >= 4 is 16.8 Å². The number of carbonyl (C=O) groups is 1. The van der Waals surface area contributed by atoms with Gasteiger partial charge in [-0.25, -0.2) is 0 Å². The van der Waals surface area contributed by atoms with Crippen LogP contribution in [0.2, 0.25) is 0 Å². The highest BCUT2D eigenvalue weighted by molar-refractivity contribution is 6.67. The molecule has 4 nitrogen and oxygen atoms in total. The lowest BCUT2D eigenvalue weighted by Crippen LogP contribution is -2.08. The second-order valence-corrected chi connectivity index (χ2v) is 2.38. The zero-order valence-electron chi connectivity index (χ0n) is 5.80. The van der Waals surface area contributed by atoms with Crippen LogP contribution in [0.3, 0.4) is 0 Å². The molecule has 0 radical (unpaired) electrons. The lowest BCUT2D eigenvalue weighted by Gasteiger charge is -1.92. The molecule has 0 saturated carbocycles. The van der Waals surface area contributed by atoms with Gasteiger partial charge in [-0.05, 0) is 17.7 Å². The molecular weight excluding hydrogens is 180 g/mol. The molecule has 0 fully saturated rings. The van der Waals surface area contributed by atoms with Crippen molar-refractivity contribution in [3.05, 3.63) is 33.7 Å². The van der Waals surface area contributed by atoms with E-state index in [1.807, 2.05) is 0 Å². The van der Waals surface area contributed by atoms with E-state index in [-0.39, 0.29) is 11.3 Å². The molecule has 5 heteroatoms. The third-order valence-electron chi connectivity index (χ3n) is 1.19. The van der Waals surface area contributed by atoms with Crippen LogP contribution in [0, 0.1) is 11.3 Å². The van der Waals surface area contributed by atoms with Crippen molar-refractivity contribution in [3.63, 3.8) is 0 Å². The van der Waals surface area contributed by atoms with Gasteiger partial charge in [-0.15, -0.1) is 0 Å². The van der Waals surface area contributed by atoms with Crippen molar-refractivity contribution in [2.75, 3.05) is 0 Å². The van der Waals surface area contributed by atoms with Crippen molar-refractivity contribution in [2.45, 2.75) is 0 Å². The van der Waals surface area contributed by atoms with Gasteiger partial charge in [-0.3, -0.25) is 9.59 Å². The molecule has 0 bridgehead atoms. The molecular formula is C7H3ClN2O2. The minimum Gasteiger partial charge on any atom is -0.314 e. The number of halogens is 1. The van der Waals surface area contributed by atoms with Crippen molar-refractivity contribution in [1.29, 1.82) is 5.26 Å². The number of nitrogens with zero attached hydrogens (tertiary/aromatic N) is 1. The number of nitrogens with one attached hydrogen (secondary N) is 1. The highest BCUT2D eigenvalue weighted by Crippen LogP contribution is 2.01. The molecule has 12 heavy (non-hydrogen) atoms. The molecule has 0 aliphatic carbocycles. The molecule has 0 aromatic carbocycles. The van der Waals surface area contributed by atoms with Crippen molar-refractivity contribution < 1.29 is 4.79 Å². The fourth-order valence-electron chi connectivity index (χ4n) is 0.717. The third kappa shape index (κ3) is 1.71. The van der Waals surface area contributed by atoms with Crippen LogP contribution in [-0.4, -0.2) is 10.2 Å². The summed E-state index contributed by atoms with van der Waals surface area (Å²) in [6.07, 6.45) is 0. The molecule has 0 aliphatic heterocycles. The second kappa shape index (κ2) is 3.20. The minimum absolute atomic E-state index is 0.0199. The van der Waals surface area contributed by atoms with E-state index in [0.717, 1.165) is 6.07 Å². The first-order valence-corrected chi connectivity index (χ1v) is 3.35. The number of aromatic amines is 1. The van der Waals surface area contributed by atoms with E-state index in [9.17, 15) is 9.59 Å². The van der Waals surface area contributed by atoms with Crippen LogP contribution >= 0.6 is 11.6 Å². The number of H-pyrrole nitrogens is 1. The summed E-state index contributed by atoms with van der Waals surface area (Å²) in [5, 5.41) is 7.64. The predicted molar refractivity (Wildman–Crippen MR) is 42.0 cm³/mol. The van der Waals surface area contributed by atoms with Gasteiger partial charge in [-0.1, -0.05) is 0 Å². The lowest BCUT2D eigenvalue weighted by molar-refractivity contribution is 0.108. The molecule has 0 spiro atoms. The lowest BCUT2D eigenvalue weighted by atomic mass is 10.2. The number of hydrogen-bond acceptors (Lipinski definition) is 3. The molecule has 0 aliphatic rings. The molecule has 1 heterocycles. The first kappa shape index (κ1) is 8.50. The van der Waals surface area contributed by atoms with Gasteiger partial charge >= 0.3 is 0 Å². The minimum atomic E-state index is -0.752. The van der Waals surface area contributed by atoms with Gasteiger partial charge in [0.1, 0.15) is 11.8 Å². The summed E-state index contributed by atoms with van der Waals surface area (Å²) >= 11 is 5.10.